The summed E-state index contributed by atoms with van der Waals surface area (Å²) >= 11 is 7.37. The van der Waals surface area contributed by atoms with Crippen molar-refractivity contribution in [3.63, 3.8) is 0 Å². The van der Waals surface area contributed by atoms with E-state index < -0.39 is 0 Å². The minimum atomic E-state index is 0.437. The number of halogens is 1. The van der Waals surface area contributed by atoms with Gasteiger partial charge in [0.05, 0.1) is 19.9 Å². The lowest BCUT2D eigenvalue weighted by Crippen LogP contribution is -1.92. The van der Waals surface area contributed by atoms with Crippen molar-refractivity contribution in [1.29, 1.82) is 5.26 Å². The highest BCUT2D eigenvalue weighted by Gasteiger charge is 2.11. The Morgan fingerprint density at radius 2 is 2.00 bits per heavy atom. The number of rotatable bonds is 6. The second-order valence-electron chi connectivity index (χ2n) is 5.43. The monoisotopic (exact) mass is 397 g/mol. The first-order valence-electron chi connectivity index (χ1n) is 7.95. The molecular weight excluding hydrogens is 382 g/mol. The average molecular weight is 398 g/mol. The molecule has 5 nitrogen and oxygen atoms in total. The van der Waals surface area contributed by atoms with E-state index in [0.717, 1.165) is 16.9 Å². The van der Waals surface area contributed by atoms with Crippen LogP contribution in [0.5, 0.6) is 11.5 Å². The molecule has 3 aromatic rings. The highest BCUT2D eigenvalue weighted by molar-refractivity contribution is 7.11. The lowest BCUT2D eigenvalue weighted by Gasteiger charge is -2.08. The van der Waals surface area contributed by atoms with Crippen LogP contribution in [0.2, 0.25) is 5.02 Å². The van der Waals surface area contributed by atoms with E-state index in [4.69, 9.17) is 21.1 Å². The first kappa shape index (κ1) is 18.8. The Bertz CT molecular complexity index is 1020. The van der Waals surface area contributed by atoms with Gasteiger partial charge in [-0.15, -0.1) is 11.3 Å². The molecule has 0 aliphatic rings. The second kappa shape index (κ2) is 8.58. The predicted octanol–water partition coefficient (Wildman–Crippen LogP) is 5.46. The fourth-order valence-corrected chi connectivity index (χ4v) is 3.39. The van der Waals surface area contributed by atoms with E-state index in [0.29, 0.717) is 27.1 Å². The second-order valence-corrected chi connectivity index (χ2v) is 6.73. The summed E-state index contributed by atoms with van der Waals surface area (Å²) in [5.41, 5.74) is 2.88. The zero-order valence-electron chi connectivity index (χ0n) is 14.7. The van der Waals surface area contributed by atoms with Crippen molar-refractivity contribution in [2.45, 2.75) is 0 Å². The highest BCUT2D eigenvalue weighted by Crippen LogP contribution is 2.33. The number of hydrogen-bond acceptors (Lipinski definition) is 6. The molecule has 1 heterocycles. The SMILES string of the molecule is COc1ccc(-c2csc(/C(C#N)=C\Nc3cccc(Cl)c3)n2)cc1OC. The molecule has 0 aliphatic heterocycles. The van der Waals surface area contributed by atoms with Crippen LogP contribution in [-0.4, -0.2) is 19.2 Å². The Morgan fingerprint density at radius 3 is 2.70 bits per heavy atom. The van der Waals surface area contributed by atoms with E-state index >= 15 is 0 Å². The molecule has 0 atom stereocenters. The molecule has 0 bridgehead atoms. The number of thiazole rings is 1. The van der Waals surface area contributed by atoms with Gasteiger partial charge < -0.3 is 14.8 Å². The van der Waals surface area contributed by atoms with Crippen molar-refractivity contribution >= 4 is 34.2 Å². The Balaban J connectivity index is 1.85. The molecule has 0 saturated heterocycles. The zero-order chi connectivity index (χ0) is 19.2. The van der Waals surface area contributed by atoms with Gasteiger partial charge in [-0.25, -0.2) is 4.98 Å². The molecule has 0 aliphatic carbocycles. The Morgan fingerprint density at radius 1 is 1.19 bits per heavy atom. The highest BCUT2D eigenvalue weighted by atomic mass is 35.5. The molecule has 1 aromatic heterocycles. The molecule has 0 unspecified atom stereocenters. The number of allylic oxidation sites excluding steroid dienone is 1. The number of ether oxygens (including phenoxy) is 2. The third-order valence-corrected chi connectivity index (χ3v) is 4.85. The number of nitriles is 1. The van der Waals surface area contributed by atoms with Crippen LogP contribution in [0.4, 0.5) is 5.69 Å². The summed E-state index contributed by atoms with van der Waals surface area (Å²) in [6, 6.07) is 15.0. The van der Waals surface area contributed by atoms with Crippen molar-refractivity contribution in [3.05, 3.63) is 64.1 Å². The van der Waals surface area contributed by atoms with E-state index in [1.807, 2.05) is 35.7 Å². The first-order chi connectivity index (χ1) is 13.1. The van der Waals surface area contributed by atoms with E-state index in [1.165, 1.54) is 11.3 Å². The van der Waals surface area contributed by atoms with Crippen molar-refractivity contribution < 1.29 is 9.47 Å². The Kier molecular flexibility index (Phi) is 5.97. The van der Waals surface area contributed by atoms with Gasteiger partial charge in [-0.2, -0.15) is 5.26 Å². The van der Waals surface area contributed by atoms with Gasteiger partial charge in [-0.3, -0.25) is 0 Å². The smallest absolute Gasteiger partial charge is 0.161 e. The molecule has 0 amide bonds. The number of nitrogens with one attached hydrogen (secondary N) is 1. The third kappa shape index (κ3) is 4.40. The van der Waals surface area contributed by atoms with Gasteiger partial charge in [0, 0.05) is 27.9 Å². The van der Waals surface area contributed by atoms with Gasteiger partial charge in [-0.1, -0.05) is 17.7 Å². The Labute approximate surface area is 166 Å². The quantitative estimate of drug-likeness (QED) is 0.559. The van der Waals surface area contributed by atoms with Crippen LogP contribution >= 0.6 is 22.9 Å². The van der Waals surface area contributed by atoms with Gasteiger partial charge in [-0.05, 0) is 36.4 Å². The van der Waals surface area contributed by atoms with Crippen molar-refractivity contribution in [3.8, 4) is 28.8 Å². The number of benzene rings is 2. The van der Waals surface area contributed by atoms with Crippen LogP contribution in [-0.2, 0) is 0 Å². The van der Waals surface area contributed by atoms with Crippen LogP contribution in [0.1, 0.15) is 5.01 Å². The van der Waals surface area contributed by atoms with Crippen molar-refractivity contribution in [1.82, 2.24) is 4.98 Å². The molecule has 0 spiro atoms. The number of methoxy groups -OCH3 is 2. The third-order valence-electron chi connectivity index (χ3n) is 3.74. The largest absolute Gasteiger partial charge is 0.493 e. The van der Waals surface area contributed by atoms with E-state index in [-0.39, 0.29) is 0 Å². The molecule has 3 rings (SSSR count). The standard InChI is InChI=1S/C20H16ClN3O2S/c1-25-18-7-6-13(8-19(18)26-2)17-12-27-20(24-17)14(10-22)11-23-16-5-3-4-15(21)9-16/h3-9,11-12,23H,1-2H3/b14-11-. The van der Waals surface area contributed by atoms with E-state index in [2.05, 4.69) is 16.4 Å². The summed E-state index contributed by atoms with van der Waals surface area (Å²) in [4.78, 5) is 4.58. The van der Waals surface area contributed by atoms with Gasteiger partial charge in [0.1, 0.15) is 16.6 Å². The molecule has 1 N–H and O–H groups in total. The molecule has 0 fully saturated rings. The van der Waals surface area contributed by atoms with Crippen molar-refractivity contribution in [2.75, 3.05) is 19.5 Å². The molecule has 0 radical (unpaired) electrons. The number of nitrogens with zero attached hydrogens (tertiary/aromatic N) is 2. The molecule has 7 heteroatoms. The van der Waals surface area contributed by atoms with Gasteiger partial charge >= 0.3 is 0 Å². The van der Waals surface area contributed by atoms with Crippen LogP contribution in [0.3, 0.4) is 0 Å². The van der Waals surface area contributed by atoms with Gasteiger partial charge in [0.2, 0.25) is 0 Å². The lowest BCUT2D eigenvalue weighted by molar-refractivity contribution is 0.355. The van der Waals surface area contributed by atoms with Gasteiger partial charge in [0.15, 0.2) is 11.5 Å². The van der Waals surface area contributed by atoms with Crippen LogP contribution in [0.25, 0.3) is 16.8 Å². The normalized spacial score (nSPS) is 11.0. The fourth-order valence-electron chi connectivity index (χ4n) is 2.40. The predicted molar refractivity (Wildman–Crippen MR) is 109 cm³/mol. The van der Waals surface area contributed by atoms with Crippen LogP contribution in [0, 0.1) is 11.3 Å². The molecule has 2 aromatic carbocycles. The summed E-state index contributed by atoms with van der Waals surface area (Å²) in [7, 11) is 3.18. The maximum atomic E-state index is 9.49. The van der Waals surface area contributed by atoms with Crippen molar-refractivity contribution in [2.24, 2.45) is 0 Å². The minimum Gasteiger partial charge on any atom is -0.493 e. The summed E-state index contributed by atoms with van der Waals surface area (Å²) in [6.45, 7) is 0. The summed E-state index contributed by atoms with van der Waals surface area (Å²) < 4.78 is 10.6. The average Bonchev–Trinajstić information content (AvgIpc) is 3.18. The van der Waals surface area contributed by atoms with E-state index in [9.17, 15) is 5.26 Å². The van der Waals surface area contributed by atoms with Crippen LogP contribution < -0.4 is 14.8 Å². The van der Waals surface area contributed by atoms with Gasteiger partial charge in [0.25, 0.3) is 0 Å². The van der Waals surface area contributed by atoms with E-state index in [1.54, 1.807) is 32.6 Å². The summed E-state index contributed by atoms with van der Waals surface area (Å²) in [5.74, 6) is 1.28. The maximum Gasteiger partial charge on any atom is 0.161 e. The number of aromatic nitrogens is 1. The maximum absolute atomic E-state index is 9.49. The summed E-state index contributed by atoms with van der Waals surface area (Å²) in [6.07, 6.45) is 1.63. The zero-order valence-corrected chi connectivity index (χ0v) is 16.3. The Hall–Kier alpha value is -3.01. The number of anilines is 1. The molecule has 136 valence electrons. The fraction of sp³-hybridized carbons (Fsp3) is 0.100. The molecule has 0 saturated carbocycles. The lowest BCUT2D eigenvalue weighted by atomic mass is 10.1. The topological polar surface area (TPSA) is 67.2 Å². The molecular formula is C20H16ClN3O2S. The summed E-state index contributed by atoms with van der Waals surface area (Å²) in [5, 5.41) is 15.7. The minimum absolute atomic E-state index is 0.437. The molecule has 27 heavy (non-hydrogen) atoms. The van der Waals surface area contributed by atoms with Crippen LogP contribution in [0.15, 0.2) is 54.0 Å². The number of hydrogen-bond donors (Lipinski definition) is 1. The first-order valence-corrected chi connectivity index (χ1v) is 9.21.